The lowest BCUT2D eigenvalue weighted by Crippen LogP contribution is -2.39. The molecule has 1 fully saturated rings. The maximum Gasteiger partial charge on any atom is 0.195 e. The van der Waals surface area contributed by atoms with E-state index < -0.39 is 0 Å². The monoisotopic (exact) mass is 426 g/mol. The summed E-state index contributed by atoms with van der Waals surface area (Å²) in [6, 6.07) is 14.4. The molecule has 1 heterocycles. The number of ether oxygens (including phenoxy) is 3. The maximum atomic E-state index is 5.68. The van der Waals surface area contributed by atoms with E-state index in [0.717, 1.165) is 31.1 Å². The van der Waals surface area contributed by atoms with Gasteiger partial charge in [0.15, 0.2) is 17.5 Å². The fourth-order valence-corrected chi connectivity index (χ4v) is 3.87. The van der Waals surface area contributed by atoms with E-state index in [9.17, 15) is 0 Å². The number of anilines is 1. The Labute approximate surface area is 185 Å². The Kier molecular flexibility index (Phi) is 8.41. The molecule has 0 spiro atoms. The molecule has 7 nitrogen and oxygen atoms in total. The number of rotatable bonds is 9. The average molecular weight is 427 g/mol. The molecule has 168 valence electrons. The van der Waals surface area contributed by atoms with Crippen molar-refractivity contribution in [2.75, 3.05) is 52.8 Å². The third kappa shape index (κ3) is 6.04. The summed E-state index contributed by atoms with van der Waals surface area (Å²) >= 11 is 0. The molecule has 1 atom stereocenters. The maximum absolute atomic E-state index is 5.68. The molecule has 2 aromatic rings. The molecule has 2 N–H and O–H groups in total. The van der Waals surface area contributed by atoms with Gasteiger partial charge in [0.2, 0.25) is 0 Å². The van der Waals surface area contributed by atoms with Crippen molar-refractivity contribution in [3.8, 4) is 17.2 Å². The smallest absolute Gasteiger partial charge is 0.195 e. The SMILES string of the molecule is CCOc1cc(NC(=NC)NCC(c2ccc(OC)cc2)N2CCCC2)ccc1OC. The van der Waals surface area contributed by atoms with Gasteiger partial charge in [-0.05, 0) is 62.7 Å². The van der Waals surface area contributed by atoms with Crippen LogP contribution in [0, 0.1) is 0 Å². The standard InChI is InChI=1S/C24H34N4O3/c1-5-31-23-16-19(10-13-22(23)30-4)27-24(25-2)26-17-21(28-14-6-7-15-28)18-8-11-20(29-3)12-9-18/h8-13,16,21H,5-7,14-15,17H2,1-4H3,(H2,25,26,27). The fraction of sp³-hybridized carbons (Fsp3) is 0.458. The molecule has 1 aliphatic heterocycles. The number of methoxy groups -OCH3 is 2. The van der Waals surface area contributed by atoms with Gasteiger partial charge >= 0.3 is 0 Å². The predicted molar refractivity (Wildman–Crippen MR) is 126 cm³/mol. The first kappa shape index (κ1) is 22.7. The number of likely N-dealkylation sites (tertiary alicyclic amines) is 1. The number of nitrogens with zero attached hydrogens (tertiary/aromatic N) is 2. The van der Waals surface area contributed by atoms with Crippen LogP contribution >= 0.6 is 0 Å². The topological polar surface area (TPSA) is 67.3 Å². The molecule has 0 aromatic heterocycles. The molecule has 0 saturated carbocycles. The Balaban J connectivity index is 1.70. The van der Waals surface area contributed by atoms with Gasteiger partial charge < -0.3 is 24.8 Å². The van der Waals surface area contributed by atoms with E-state index >= 15 is 0 Å². The van der Waals surface area contributed by atoms with Crippen LogP contribution in [-0.4, -0.2) is 58.4 Å². The third-order valence-electron chi connectivity index (χ3n) is 5.49. The van der Waals surface area contributed by atoms with Crippen LogP contribution in [0.5, 0.6) is 17.2 Å². The van der Waals surface area contributed by atoms with Crippen molar-refractivity contribution >= 4 is 11.6 Å². The number of hydrogen-bond donors (Lipinski definition) is 2. The van der Waals surface area contributed by atoms with Gasteiger partial charge in [-0.2, -0.15) is 0 Å². The number of guanidine groups is 1. The largest absolute Gasteiger partial charge is 0.497 e. The summed E-state index contributed by atoms with van der Waals surface area (Å²) in [6.07, 6.45) is 2.48. The molecule has 0 radical (unpaired) electrons. The van der Waals surface area contributed by atoms with Gasteiger partial charge in [0.05, 0.1) is 26.9 Å². The van der Waals surface area contributed by atoms with Gasteiger partial charge in [-0.25, -0.2) is 0 Å². The zero-order valence-corrected chi connectivity index (χ0v) is 19.0. The second-order valence-electron chi connectivity index (χ2n) is 7.41. The van der Waals surface area contributed by atoms with E-state index in [1.807, 2.05) is 37.3 Å². The summed E-state index contributed by atoms with van der Waals surface area (Å²) in [5.74, 6) is 3.01. The third-order valence-corrected chi connectivity index (χ3v) is 5.49. The zero-order chi connectivity index (χ0) is 22.1. The number of aliphatic imine (C=N–C) groups is 1. The molecular weight excluding hydrogens is 392 g/mol. The highest BCUT2D eigenvalue weighted by molar-refractivity contribution is 5.93. The van der Waals surface area contributed by atoms with Gasteiger partial charge in [0.1, 0.15) is 5.75 Å². The van der Waals surface area contributed by atoms with Crippen molar-refractivity contribution in [3.63, 3.8) is 0 Å². The van der Waals surface area contributed by atoms with Crippen molar-refractivity contribution in [3.05, 3.63) is 48.0 Å². The normalized spacial score (nSPS) is 15.4. The highest BCUT2D eigenvalue weighted by Crippen LogP contribution is 2.30. The molecular formula is C24H34N4O3. The van der Waals surface area contributed by atoms with Crippen LogP contribution in [-0.2, 0) is 0 Å². The summed E-state index contributed by atoms with van der Waals surface area (Å²) in [5, 5.41) is 6.86. The molecule has 0 aliphatic carbocycles. The Morgan fingerprint density at radius 2 is 1.77 bits per heavy atom. The zero-order valence-electron chi connectivity index (χ0n) is 19.0. The molecule has 3 rings (SSSR count). The predicted octanol–water partition coefficient (Wildman–Crippen LogP) is 3.93. The Morgan fingerprint density at radius 1 is 1.03 bits per heavy atom. The number of nitrogens with one attached hydrogen (secondary N) is 2. The van der Waals surface area contributed by atoms with E-state index in [2.05, 4.69) is 32.7 Å². The number of hydrogen-bond acceptors (Lipinski definition) is 5. The average Bonchev–Trinajstić information content (AvgIpc) is 3.34. The second kappa shape index (κ2) is 11.5. The molecule has 1 saturated heterocycles. The quantitative estimate of drug-likeness (QED) is 0.468. The van der Waals surface area contributed by atoms with Crippen LogP contribution in [0.15, 0.2) is 47.5 Å². The van der Waals surface area contributed by atoms with Crippen LogP contribution in [0.2, 0.25) is 0 Å². The van der Waals surface area contributed by atoms with E-state index in [0.29, 0.717) is 24.1 Å². The first-order chi connectivity index (χ1) is 15.2. The van der Waals surface area contributed by atoms with E-state index in [-0.39, 0.29) is 6.04 Å². The lowest BCUT2D eigenvalue weighted by Gasteiger charge is -2.29. The van der Waals surface area contributed by atoms with Gasteiger partial charge in [-0.3, -0.25) is 9.89 Å². The minimum absolute atomic E-state index is 0.266. The van der Waals surface area contributed by atoms with Gasteiger partial charge in [0.25, 0.3) is 0 Å². The van der Waals surface area contributed by atoms with Crippen molar-refractivity contribution in [2.24, 2.45) is 4.99 Å². The summed E-state index contributed by atoms with van der Waals surface area (Å²) in [7, 11) is 5.12. The van der Waals surface area contributed by atoms with Gasteiger partial charge in [0, 0.05) is 25.3 Å². The highest BCUT2D eigenvalue weighted by atomic mass is 16.5. The van der Waals surface area contributed by atoms with Crippen LogP contribution in [0.3, 0.4) is 0 Å². The highest BCUT2D eigenvalue weighted by Gasteiger charge is 2.23. The molecule has 31 heavy (non-hydrogen) atoms. The van der Waals surface area contributed by atoms with Crippen LogP contribution < -0.4 is 24.8 Å². The lowest BCUT2D eigenvalue weighted by atomic mass is 10.1. The van der Waals surface area contributed by atoms with Crippen molar-refractivity contribution < 1.29 is 14.2 Å². The first-order valence-corrected chi connectivity index (χ1v) is 10.8. The van der Waals surface area contributed by atoms with Crippen LogP contribution in [0.4, 0.5) is 5.69 Å². The summed E-state index contributed by atoms with van der Waals surface area (Å²) in [4.78, 5) is 6.94. The van der Waals surface area contributed by atoms with Crippen molar-refractivity contribution in [2.45, 2.75) is 25.8 Å². The number of benzene rings is 2. The molecule has 7 heteroatoms. The summed E-state index contributed by atoms with van der Waals surface area (Å²) < 4.78 is 16.4. The molecule has 1 aliphatic rings. The van der Waals surface area contributed by atoms with Crippen molar-refractivity contribution in [1.29, 1.82) is 0 Å². The molecule has 0 amide bonds. The minimum Gasteiger partial charge on any atom is -0.497 e. The lowest BCUT2D eigenvalue weighted by molar-refractivity contribution is 0.245. The van der Waals surface area contributed by atoms with E-state index in [1.165, 1.54) is 18.4 Å². The van der Waals surface area contributed by atoms with Crippen LogP contribution in [0.1, 0.15) is 31.4 Å². The van der Waals surface area contributed by atoms with Crippen molar-refractivity contribution in [1.82, 2.24) is 10.2 Å². The molecule has 1 unspecified atom stereocenters. The van der Waals surface area contributed by atoms with E-state index in [1.54, 1.807) is 21.3 Å². The minimum atomic E-state index is 0.266. The molecule has 0 bridgehead atoms. The Hall–Kier alpha value is -2.93. The second-order valence-corrected chi connectivity index (χ2v) is 7.41. The van der Waals surface area contributed by atoms with E-state index in [4.69, 9.17) is 14.2 Å². The Bertz CT molecular complexity index is 848. The van der Waals surface area contributed by atoms with Gasteiger partial charge in [-0.15, -0.1) is 0 Å². The summed E-state index contributed by atoms with van der Waals surface area (Å²) in [5.41, 5.74) is 2.16. The first-order valence-electron chi connectivity index (χ1n) is 10.8. The van der Waals surface area contributed by atoms with Gasteiger partial charge in [-0.1, -0.05) is 12.1 Å². The molecule has 2 aromatic carbocycles. The Morgan fingerprint density at radius 3 is 2.39 bits per heavy atom. The van der Waals surface area contributed by atoms with Crippen LogP contribution in [0.25, 0.3) is 0 Å². The fourth-order valence-electron chi connectivity index (χ4n) is 3.87. The summed E-state index contributed by atoms with van der Waals surface area (Å²) in [6.45, 7) is 5.51.